The molecule has 25 heavy (non-hydrogen) atoms. The maximum Gasteiger partial charge on any atom is 0.198 e. The highest BCUT2D eigenvalue weighted by Gasteiger charge is 2.30. The van der Waals surface area contributed by atoms with Crippen LogP contribution >= 0.6 is 0 Å². The van der Waals surface area contributed by atoms with Gasteiger partial charge in [0.15, 0.2) is 5.78 Å². The average Bonchev–Trinajstić information content (AvgIpc) is 3.10. The van der Waals surface area contributed by atoms with Crippen LogP contribution in [-0.2, 0) is 6.61 Å². The molecule has 3 aromatic carbocycles. The van der Waals surface area contributed by atoms with Crippen LogP contribution in [-0.4, -0.2) is 16.0 Å². The molecule has 4 nitrogen and oxygen atoms in total. The maximum absolute atomic E-state index is 13.1. The van der Waals surface area contributed by atoms with Gasteiger partial charge in [0.05, 0.1) is 11.1 Å². The normalized spacial score (nSPS) is 12.2. The first-order valence-corrected chi connectivity index (χ1v) is 8.15. The first-order chi connectivity index (χ1) is 12.3. The topological polar surface area (TPSA) is 55.0 Å². The van der Waals surface area contributed by atoms with Crippen LogP contribution in [0.2, 0.25) is 0 Å². The highest BCUT2D eigenvalue weighted by molar-refractivity contribution is 6.26. The van der Waals surface area contributed by atoms with Crippen molar-refractivity contribution in [1.29, 1.82) is 0 Å². The summed E-state index contributed by atoms with van der Waals surface area (Å²) in [6.07, 6.45) is 0. The number of H-pyrrole nitrogens is 1. The zero-order valence-corrected chi connectivity index (χ0v) is 13.3. The number of nitrogens with zero attached hydrogens (tertiary/aromatic N) is 1. The largest absolute Gasteiger partial charge is 0.488 e. The van der Waals surface area contributed by atoms with E-state index >= 15 is 0 Å². The minimum Gasteiger partial charge on any atom is -0.488 e. The van der Waals surface area contributed by atoms with Crippen molar-refractivity contribution >= 4 is 16.7 Å². The predicted molar refractivity (Wildman–Crippen MR) is 95.7 cm³/mol. The molecule has 1 N–H and O–H groups in total. The van der Waals surface area contributed by atoms with Crippen molar-refractivity contribution < 1.29 is 9.53 Å². The number of carbonyl (C=O) groups excluding carboxylic acids is 1. The average molecular weight is 326 g/mol. The lowest BCUT2D eigenvalue weighted by atomic mass is 9.87. The maximum atomic E-state index is 13.1. The summed E-state index contributed by atoms with van der Waals surface area (Å²) in [5.74, 6) is 0.579. The van der Waals surface area contributed by atoms with Crippen LogP contribution in [0.4, 0.5) is 0 Å². The highest BCUT2D eigenvalue weighted by Crippen LogP contribution is 2.41. The summed E-state index contributed by atoms with van der Waals surface area (Å²) in [6, 6.07) is 21.2. The number of aromatic nitrogens is 2. The van der Waals surface area contributed by atoms with Gasteiger partial charge in [-0.05, 0) is 17.7 Å². The standard InChI is InChI=1S/C21H14N2O2/c24-21-15-9-4-10-16-18(15)20(23-22-16)14-8-5-11-17(19(14)21)25-12-13-6-2-1-3-7-13/h1-11H,12H2,(H,22,23). The predicted octanol–water partition coefficient (Wildman–Crippen LogP) is 4.35. The molecule has 0 radical (unpaired) electrons. The number of benzene rings is 3. The highest BCUT2D eigenvalue weighted by atomic mass is 16.5. The summed E-state index contributed by atoms with van der Waals surface area (Å²) in [4.78, 5) is 13.1. The molecule has 4 aromatic rings. The van der Waals surface area contributed by atoms with Crippen LogP contribution in [0.5, 0.6) is 5.75 Å². The van der Waals surface area contributed by atoms with Crippen LogP contribution < -0.4 is 4.74 Å². The van der Waals surface area contributed by atoms with Crippen LogP contribution in [0.3, 0.4) is 0 Å². The molecule has 1 aliphatic rings. The Balaban J connectivity index is 1.63. The molecule has 0 bridgehead atoms. The zero-order valence-electron chi connectivity index (χ0n) is 13.3. The SMILES string of the molecule is O=C1c2c(OCc3ccccc3)cccc2-c2n[nH]c3cccc1c23. The Morgan fingerprint density at radius 3 is 2.56 bits per heavy atom. The monoisotopic (exact) mass is 326 g/mol. The van der Waals surface area contributed by atoms with Crippen LogP contribution in [0.15, 0.2) is 66.7 Å². The molecule has 0 amide bonds. The third-order valence-electron chi connectivity index (χ3n) is 4.58. The fourth-order valence-corrected chi connectivity index (χ4v) is 3.41. The van der Waals surface area contributed by atoms with Gasteiger partial charge >= 0.3 is 0 Å². The summed E-state index contributed by atoms with van der Waals surface area (Å²) in [7, 11) is 0. The van der Waals surface area contributed by atoms with Crippen LogP contribution in [0.1, 0.15) is 21.5 Å². The van der Waals surface area contributed by atoms with Crippen molar-refractivity contribution in [3.8, 4) is 17.0 Å². The van der Waals surface area contributed by atoms with Gasteiger partial charge in [0, 0.05) is 16.5 Å². The van der Waals surface area contributed by atoms with E-state index in [1.807, 2.05) is 66.7 Å². The molecule has 1 aliphatic carbocycles. The van der Waals surface area contributed by atoms with Crippen LogP contribution in [0.25, 0.3) is 22.2 Å². The molecule has 1 heterocycles. The second-order valence-corrected chi connectivity index (χ2v) is 6.08. The second kappa shape index (κ2) is 5.31. The summed E-state index contributed by atoms with van der Waals surface area (Å²) < 4.78 is 5.99. The van der Waals surface area contributed by atoms with E-state index in [0.717, 1.165) is 27.7 Å². The smallest absolute Gasteiger partial charge is 0.198 e. The van der Waals surface area contributed by atoms with Crippen molar-refractivity contribution in [2.24, 2.45) is 0 Å². The molecule has 0 aliphatic heterocycles. The number of nitrogens with one attached hydrogen (secondary N) is 1. The van der Waals surface area contributed by atoms with Gasteiger partial charge in [-0.3, -0.25) is 9.89 Å². The van der Waals surface area contributed by atoms with Crippen molar-refractivity contribution in [2.45, 2.75) is 6.61 Å². The fourth-order valence-electron chi connectivity index (χ4n) is 3.41. The minimum atomic E-state index is -0.0156. The Bertz CT molecular complexity index is 1110. The molecule has 0 atom stereocenters. The van der Waals surface area contributed by atoms with Gasteiger partial charge in [-0.25, -0.2) is 0 Å². The minimum absolute atomic E-state index is 0.0156. The lowest BCUT2D eigenvalue weighted by Gasteiger charge is -2.18. The number of hydrogen-bond acceptors (Lipinski definition) is 3. The van der Waals surface area contributed by atoms with Gasteiger partial charge in [0.25, 0.3) is 0 Å². The molecule has 0 saturated carbocycles. The van der Waals surface area contributed by atoms with Gasteiger partial charge in [0.2, 0.25) is 0 Å². The number of rotatable bonds is 3. The number of carbonyl (C=O) groups is 1. The first kappa shape index (κ1) is 14.0. The molecule has 0 spiro atoms. The summed E-state index contributed by atoms with van der Waals surface area (Å²) in [6.45, 7) is 0.419. The number of ketones is 1. The molecule has 120 valence electrons. The van der Waals surface area contributed by atoms with Crippen molar-refractivity contribution in [2.75, 3.05) is 0 Å². The van der Waals surface area contributed by atoms with E-state index in [1.54, 1.807) is 0 Å². The lowest BCUT2D eigenvalue weighted by molar-refractivity contribution is 0.103. The van der Waals surface area contributed by atoms with E-state index in [1.165, 1.54) is 0 Å². The van der Waals surface area contributed by atoms with Crippen LogP contribution in [0, 0.1) is 0 Å². The quantitative estimate of drug-likeness (QED) is 0.536. The van der Waals surface area contributed by atoms with E-state index < -0.39 is 0 Å². The second-order valence-electron chi connectivity index (χ2n) is 6.08. The lowest BCUT2D eigenvalue weighted by Crippen LogP contribution is -2.11. The van der Waals surface area contributed by atoms with E-state index in [2.05, 4.69) is 10.2 Å². The zero-order chi connectivity index (χ0) is 16.8. The van der Waals surface area contributed by atoms with Crippen molar-refractivity contribution in [3.63, 3.8) is 0 Å². The Morgan fingerprint density at radius 1 is 0.880 bits per heavy atom. The van der Waals surface area contributed by atoms with Gasteiger partial charge < -0.3 is 4.74 Å². The summed E-state index contributed by atoms with van der Waals surface area (Å²) in [5.41, 5.74) is 4.83. The van der Waals surface area contributed by atoms with E-state index in [4.69, 9.17) is 4.74 Å². The number of ether oxygens (including phenoxy) is 1. The Hall–Kier alpha value is -3.40. The van der Waals surface area contributed by atoms with Gasteiger partial charge in [-0.1, -0.05) is 54.6 Å². The third-order valence-corrected chi connectivity index (χ3v) is 4.58. The van der Waals surface area contributed by atoms with Crippen molar-refractivity contribution in [3.05, 3.63) is 83.4 Å². The van der Waals surface area contributed by atoms with Gasteiger partial charge in [-0.15, -0.1) is 0 Å². The third kappa shape index (κ3) is 2.08. The Kier molecular flexibility index (Phi) is 2.97. The molecule has 0 saturated heterocycles. The number of fused-ring (bicyclic) bond motifs is 2. The summed E-state index contributed by atoms with van der Waals surface area (Å²) >= 11 is 0. The Labute approximate surface area is 144 Å². The molecule has 0 unspecified atom stereocenters. The molecule has 4 heteroatoms. The summed E-state index contributed by atoms with van der Waals surface area (Å²) in [5, 5.41) is 8.33. The van der Waals surface area contributed by atoms with Crippen molar-refractivity contribution in [1.82, 2.24) is 10.2 Å². The van der Waals surface area contributed by atoms with E-state index in [-0.39, 0.29) is 5.78 Å². The first-order valence-electron chi connectivity index (χ1n) is 8.15. The molecular weight excluding hydrogens is 312 g/mol. The van der Waals surface area contributed by atoms with E-state index in [0.29, 0.717) is 23.5 Å². The molecule has 1 aromatic heterocycles. The molecule has 0 fully saturated rings. The number of aromatic amines is 1. The number of hydrogen-bond donors (Lipinski definition) is 1. The van der Waals surface area contributed by atoms with Gasteiger partial charge in [-0.2, -0.15) is 5.10 Å². The van der Waals surface area contributed by atoms with E-state index in [9.17, 15) is 4.79 Å². The fraction of sp³-hybridized carbons (Fsp3) is 0.0476. The molecule has 5 rings (SSSR count). The van der Waals surface area contributed by atoms with Gasteiger partial charge in [0.1, 0.15) is 18.1 Å². The Morgan fingerprint density at radius 2 is 1.68 bits per heavy atom. The molecular formula is C21H14N2O2.